The Hall–Kier alpha value is -0.845. The molecule has 0 bridgehead atoms. The molecule has 0 aliphatic carbocycles. The van der Waals surface area contributed by atoms with E-state index in [1.54, 1.807) is 24.0 Å². The highest BCUT2D eigenvalue weighted by Gasteiger charge is 2.18. The maximum absolute atomic E-state index is 8.50. The van der Waals surface area contributed by atoms with E-state index in [0.717, 1.165) is 0 Å². The highest BCUT2D eigenvalue weighted by molar-refractivity contribution is 6.32. The van der Waals surface area contributed by atoms with Gasteiger partial charge in [0.05, 0.1) is 7.05 Å². The Balaban J connectivity index is 2.58. The molecule has 1 aromatic rings. The molecule has 0 aliphatic heterocycles. The normalized spacial score (nSPS) is 13.0. The van der Waals surface area contributed by atoms with E-state index in [9.17, 15) is 0 Å². The SMILES string of the molecule is CC(OB(O)O)n1cc[n+](C)c1. The summed E-state index contributed by atoms with van der Waals surface area (Å²) in [5.74, 6) is 0. The number of aromatic nitrogens is 2. The van der Waals surface area contributed by atoms with Crippen LogP contribution in [0.1, 0.15) is 13.2 Å². The third-order valence-corrected chi connectivity index (χ3v) is 1.53. The summed E-state index contributed by atoms with van der Waals surface area (Å²) in [5.41, 5.74) is 0. The van der Waals surface area contributed by atoms with Crippen LogP contribution in [0.4, 0.5) is 0 Å². The minimum absolute atomic E-state index is 0.383. The number of nitrogens with zero attached hydrogens (tertiary/aromatic N) is 2. The van der Waals surface area contributed by atoms with Gasteiger partial charge in [0.15, 0.2) is 6.23 Å². The van der Waals surface area contributed by atoms with Gasteiger partial charge in [0.1, 0.15) is 12.4 Å². The minimum Gasteiger partial charge on any atom is -0.402 e. The standard InChI is InChI=1S/C6H12BN2O3/c1-6(12-7(10)11)9-4-3-8(2)5-9/h3-6,10-11H,1-2H3/q+1. The van der Waals surface area contributed by atoms with E-state index in [1.807, 2.05) is 17.8 Å². The highest BCUT2D eigenvalue weighted by atomic mass is 16.6. The lowest BCUT2D eigenvalue weighted by Gasteiger charge is -2.07. The van der Waals surface area contributed by atoms with E-state index in [-0.39, 0.29) is 6.23 Å². The van der Waals surface area contributed by atoms with E-state index in [2.05, 4.69) is 0 Å². The lowest BCUT2D eigenvalue weighted by atomic mass is 10.2. The summed E-state index contributed by atoms with van der Waals surface area (Å²) in [6, 6.07) is 0. The molecule has 0 radical (unpaired) electrons. The van der Waals surface area contributed by atoms with E-state index in [1.165, 1.54) is 0 Å². The Morgan fingerprint density at radius 2 is 2.25 bits per heavy atom. The van der Waals surface area contributed by atoms with E-state index in [4.69, 9.17) is 14.7 Å². The van der Waals surface area contributed by atoms with Gasteiger partial charge in [-0.3, -0.25) is 0 Å². The zero-order valence-electron chi connectivity index (χ0n) is 7.08. The summed E-state index contributed by atoms with van der Waals surface area (Å²) in [6.07, 6.45) is 5.02. The maximum atomic E-state index is 8.50. The fraction of sp³-hybridized carbons (Fsp3) is 0.500. The zero-order valence-corrected chi connectivity index (χ0v) is 7.08. The Bertz CT molecular complexity index is 251. The summed E-state index contributed by atoms with van der Waals surface area (Å²) in [5, 5.41) is 17.0. The van der Waals surface area contributed by atoms with Crippen LogP contribution in [0.2, 0.25) is 0 Å². The second-order valence-electron chi connectivity index (χ2n) is 2.59. The van der Waals surface area contributed by atoms with Crippen LogP contribution in [-0.2, 0) is 11.7 Å². The number of imidazole rings is 1. The first-order valence-corrected chi connectivity index (χ1v) is 3.64. The first kappa shape index (κ1) is 9.24. The molecule has 5 nitrogen and oxygen atoms in total. The van der Waals surface area contributed by atoms with E-state index in [0.29, 0.717) is 0 Å². The van der Waals surface area contributed by atoms with Crippen molar-refractivity contribution >= 4 is 7.32 Å². The molecule has 0 saturated heterocycles. The van der Waals surface area contributed by atoms with Gasteiger partial charge in [-0.1, -0.05) is 0 Å². The van der Waals surface area contributed by atoms with Crippen LogP contribution < -0.4 is 4.57 Å². The first-order chi connectivity index (χ1) is 5.59. The fourth-order valence-corrected chi connectivity index (χ4v) is 0.931. The van der Waals surface area contributed by atoms with E-state index >= 15 is 0 Å². The van der Waals surface area contributed by atoms with Crippen molar-refractivity contribution in [3.63, 3.8) is 0 Å². The molecule has 1 aromatic heterocycles. The molecule has 2 N–H and O–H groups in total. The molecule has 1 heterocycles. The minimum atomic E-state index is -1.73. The molecule has 0 amide bonds. The Kier molecular flexibility index (Phi) is 2.85. The van der Waals surface area contributed by atoms with Crippen molar-refractivity contribution in [1.29, 1.82) is 0 Å². The predicted octanol–water partition coefficient (Wildman–Crippen LogP) is -1.18. The molecule has 0 aromatic carbocycles. The first-order valence-electron chi connectivity index (χ1n) is 3.64. The molecule has 1 atom stereocenters. The van der Waals surface area contributed by atoms with Gasteiger partial charge in [-0.05, 0) is 0 Å². The highest BCUT2D eigenvalue weighted by Crippen LogP contribution is 2.04. The number of hydrogen-bond donors (Lipinski definition) is 2. The second-order valence-corrected chi connectivity index (χ2v) is 2.59. The second kappa shape index (κ2) is 3.71. The van der Waals surface area contributed by atoms with Crippen LogP contribution >= 0.6 is 0 Å². The van der Waals surface area contributed by atoms with Crippen molar-refractivity contribution in [2.45, 2.75) is 13.2 Å². The smallest absolute Gasteiger partial charge is 0.402 e. The number of aryl methyl sites for hydroxylation is 1. The summed E-state index contributed by atoms with van der Waals surface area (Å²) in [6.45, 7) is 1.72. The lowest BCUT2D eigenvalue weighted by molar-refractivity contribution is -0.671. The molecule has 0 spiro atoms. The Labute approximate surface area is 71.0 Å². The van der Waals surface area contributed by atoms with Crippen molar-refractivity contribution in [2.75, 3.05) is 0 Å². The summed E-state index contributed by atoms with van der Waals surface area (Å²) in [4.78, 5) is 0. The van der Waals surface area contributed by atoms with Crippen molar-refractivity contribution in [3.8, 4) is 0 Å². The van der Waals surface area contributed by atoms with Crippen LogP contribution in [0.25, 0.3) is 0 Å². The average Bonchev–Trinajstić information content (AvgIpc) is 2.34. The molecule has 66 valence electrons. The quantitative estimate of drug-likeness (QED) is 0.444. The molecule has 0 saturated carbocycles. The van der Waals surface area contributed by atoms with Gasteiger partial charge in [0.2, 0.25) is 6.33 Å². The molecular weight excluding hydrogens is 159 g/mol. The van der Waals surface area contributed by atoms with Crippen LogP contribution in [0, 0.1) is 0 Å². The van der Waals surface area contributed by atoms with Gasteiger partial charge in [0, 0.05) is 6.92 Å². The maximum Gasteiger partial charge on any atom is 0.636 e. The van der Waals surface area contributed by atoms with Gasteiger partial charge < -0.3 is 14.7 Å². The zero-order chi connectivity index (χ0) is 9.14. The van der Waals surface area contributed by atoms with Crippen LogP contribution in [0.15, 0.2) is 18.7 Å². The predicted molar refractivity (Wildman–Crippen MR) is 41.6 cm³/mol. The fourth-order valence-electron chi connectivity index (χ4n) is 0.931. The van der Waals surface area contributed by atoms with Crippen molar-refractivity contribution in [3.05, 3.63) is 18.7 Å². The van der Waals surface area contributed by atoms with Gasteiger partial charge in [0.25, 0.3) is 0 Å². The van der Waals surface area contributed by atoms with Crippen LogP contribution in [0.3, 0.4) is 0 Å². The molecule has 12 heavy (non-hydrogen) atoms. The molecule has 0 fully saturated rings. The third kappa shape index (κ3) is 2.33. The number of hydrogen-bond acceptors (Lipinski definition) is 3. The van der Waals surface area contributed by atoms with Crippen LogP contribution in [-0.4, -0.2) is 21.9 Å². The van der Waals surface area contributed by atoms with Gasteiger partial charge >= 0.3 is 7.32 Å². The molecule has 1 unspecified atom stereocenters. The summed E-state index contributed by atoms with van der Waals surface area (Å²) in [7, 11) is 0.145. The molecule has 1 rings (SSSR count). The lowest BCUT2D eigenvalue weighted by Crippen LogP contribution is -2.26. The molecular formula is C6H12BN2O3+. The van der Waals surface area contributed by atoms with Crippen LogP contribution in [0.5, 0.6) is 0 Å². The Morgan fingerprint density at radius 3 is 2.67 bits per heavy atom. The van der Waals surface area contributed by atoms with E-state index < -0.39 is 7.32 Å². The van der Waals surface area contributed by atoms with Gasteiger partial charge in [-0.25, -0.2) is 9.13 Å². The third-order valence-electron chi connectivity index (χ3n) is 1.53. The topological polar surface area (TPSA) is 58.5 Å². The van der Waals surface area contributed by atoms with Crippen molar-refractivity contribution in [2.24, 2.45) is 7.05 Å². The largest absolute Gasteiger partial charge is 0.636 e. The monoisotopic (exact) mass is 171 g/mol. The average molecular weight is 171 g/mol. The van der Waals surface area contributed by atoms with Crippen molar-refractivity contribution < 1.29 is 19.3 Å². The summed E-state index contributed by atoms with van der Waals surface area (Å²) < 4.78 is 8.27. The van der Waals surface area contributed by atoms with Crippen molar-refractivity contribution in [1.82, 2.24) is 4.57 Å². The number of rotatable bonds is 3. The molecule has 0 aliphatic rings. The van der Waals surface area contributed by atoms with Gasteiger partial charge in [-0.15, -0.1) is 0 Å². The molecule has 6 heteroatoms. The summed E-state index contributed by atoms with van der Waals surface area (Å²) >= 11 is 0. The Morgan fingerprint density at radius 1 is 1.58 bits per heavy atom. The van der Waals surface area contributed by atoms with Gasteiger partial charge in [-0.2, -0.15) is 0 Å².